The van der Waals surface area contributed by atoms with Crippen molar-refractivity contribution in [2.75, 3.05) is 19.6 Å². The number of ether oxygens (including phenoxy) is 2. The van der Waals surface area contributed by atoms with Crippen molar-refractivity contribution in [3.8, 4) is 17.0 Å². The number of carbonyl (C=O) groups is 1. The van der Waals surface area contributed by atoms with E-state index in [-0.39, 0.29) is 0 Å². The van der Waals surface area contributed by atoms with E-state index >= 15 is 0 Å². The van der Waals surface area contributed by atoms with Crippen LogP contribution in [0.5, 0.6) is 5.75 Å². The summed E-state index contributed by atoms with van der Waals surface area (Å²) in [5.74, 6) is -0.00753. The Morgan fingerprint density at radius 1 is 1.19 bits per heavy atom. The Morgan fingerprint density at radius 3 is 2.73 bits per heavy atom. The molecule has 0 fully saturated rings. The topological polar surface area (TPSA) is 72.8 Å². The van der Waals surface area contributed by atoms with Gasteiger partial charge < -0.3 is 9.47 Å². The first kappa shape index (κ1) is 17.6. The lowest BCUT2D eigenvalue weighted by atomic mass is 10.1. The van der Waals surface area contributed by atoms with E-state index in [0.717, 1.165) is 16.8 Å². The van der Waals surface area contributed by atoms with Gasteiger partial charge in [-0.1, -0.05) is 30.3 Å². The Kier molecular flexibility index (Phi) is 5.60. The summed E-state index contributed by atoms with van der Waals surface area (Å²) in [4.78, 5) is 16.3. The van der Waals surface area contributed by atoms with Gasteiger partial charge in [0.2, 0.25) is 5.13 Å². The van der Waals surface area contributed by atoms with Gasteiger partial charge in [-0.3, -0.25) is 5.43 Å². The molecule has 0 unspecified atom stereocenters. The van der Waals surface area contributed by atoms with Crippen molar-refractivity contribution in [2.45, 2.75) is 0 Å². The highest BCUT2D eigenvalue weighted by Gasteiger charge is 2.12. The van der Waals surface area contributed by atoms with Crippen LogP contribution in [0, 0.1) is 0 Å². The van der Waals surface area contributed by atoms with Gasteiger partial charge in [0, 0.05) is 10.9 Å². The van der Waals surface area contributed by atoms with Gasteiger partial charge in [-0.2, -0.15) is 5.10 Å². The molecule has 7 heteroatoms. The van der Waals surface area contributed by atoms with Gasteiger partial charge in [0.15, 0.2) is 0 Å². The quantitative estimate of drug-likeness (QED) is 0.404. The van der Waals surface area contributed by atoms with Crippen LogP contribution in [0.3, 0.4) is 0 Å². The first-order chi connectivity index (χ1) is 12.7. The maximum Gasteiger partial charge on any atom is 0.341 e. The number of rotatable bonds is 6. The van der Waals surface area contributed by atoms with Crippen LogP contribution >= 0.6 is 11.3 Å². The highest BCUT2D eigenvalue weighted by molar-refractivity contribution is 7.14. The van der Waals surface area contributed by atoms with Crippen molar-refractivity contribution in [3.63, 3.8) is 0 Å². The van der Waals surface area contributed by atoms with Gasteiger partial charge in [0.05, 0.1) is 26.1 Å². The molecule has 26 heavy (non-hydrogen) atoms. The normalized spacial score (nSPS) is 10.7. The molecule has 0 aliphatic carbocycles. The number of benzene rings is 2. The first-order valence-corrected chi connectivity index (χ1v) is 8.65. The Bertz CT molecular complexity index is 923. The van der Waals surface area contributed by atoms with E-state index in [1.807, 2.05) is 35.7 Å². The smallest absolute Gasteiger partial charge is 0.341 e. The molecule has 0 aliphatic heterocycles. The third kappa shape index (κ3) is 4.07. The van der Waals surface area contributed by atoms with E-state index in [2.05, 4.69) is 15.5 Å². The first-order valence-electron chi connectivity index (χ1n) is 7.77. The van der Waals surface area contributed by atoms with Gasteiger partial charge in [0.25, 0.3) is 0 Å². The van der Waals surface area contributed by atoms with Gasteiger partial charge >= 0.3 is 5.97 Å². The highest BCUT2D eigenvalue weighted by atomic mass is 32.1. The maximum absolute atomic E-state index is 11.8. The minimum atomic E-state index is -0.461. The standard InChI is InChI=1S/C19H17N3O3S/c1-24-17-9-8-13(10-15(17)18(23)25-2)11-20-22-19-21-16(12-26-19)14-6-4-3-5-7-14/h3-12H,1-2H3,(H,21,22). The summed E-state index contributed by atoms with van der Waals surface area (Å²) in [6, 6.07) is 15.1. The molecular formula is C19H17N3O3S. The molecule has 0 radical (unpaired) electrons. The molecule has 0 amide bonds. The number of hydrogen-bond acceptors (Lipinski definition) is 7. The molecule has 2 aromatic carbocycles. The van der Waals surface area contributed by atoms with Crippen LogP contribution in [0.1, 0.15) is 15.9 Å². The molecule has 1 heterocycles. The molecule has 0 spiro atoms. The minimum absolute atomic E-state index is 0.347. The number of esters is 1. The Balaban J connectivity index is 1.71. The predicted molar refractivity (Wildman–Crippen MR) is 103 cm³/mol. The van der Waals surface area contributed by atoms with Crippen LogP contribution < -0.4 is 10.2 Å². The second kappa shape index (κ2) is 8.26. The van der Waals surface area contributed by atoms with Crippen LogP contribution in [-0.4, -0.2) is 31.4 Å². The zero-order chi connectivity index (χ0) is 18.4. The summed E-state index contributed by atoms with van der Waals surface area (Å²) in [6.07, 6.45) is 1.61. The van der Waals surface area contributed by atoms with E-state index in [4.69, 9.17) is 9.47 Å². The molecular weight excluding hydrogens is 350 g/mol. The summed E-state index contributed by atoms with van der Waals surface area (Å²) >= 11 is 1.47. The lowest BCUT2D eigenvalue weighted by Gasteiger charge is -2.07. The van der Waals surface area contributed by atoms with E-state index in [9.17, 15) is 4.79 Å². The molecule has 6 nitrogen and oxygen atoms in total. The van der Waals surface area contributed by atoms with E-state index in [1.54, 1.807) is 24.4 Å². The van der Waals surface area contributed by atoms with Crippen LogP contribution in [0.2, 0.25) is 0 Å². The lowest BCUT2D eigenvalue weighted by molar-refractivity contribution is 0.0597. The monoisotopic (exact) mass is 367 g/mol. The summed E-state index contributed by atoms with van der Waals surface area (Å²) in [6.45, 7) is 0. The largest absolute Gasteiger partial charge is 0.496 e. The fourth-order valence-corrected chi connectivity index (χ4v) is 2.97. The number of anilines is 1. The highest BCUT2D eigenvalue weighted by Crippen LogP contribution is 2.24. The fourth-order valence-electron chi connectivity index (χ4n) is 2.30. The van der Waals surface area contributed by atoms with Gasteiger partial charge in [-0.15, -0.1) is 11.3 Å². The Morgan fingerprint density at radius 2 is 2.00 bits per heavy atom. The molecule has 0 aliphatic rings. The second-order valence-corrected chi connectivity index (χ2v) is 6.08. The summed E-state index contributed by atoms with van der Waals surface area (Å²) < 4.78 is 9.94. The van der Waals surface area contributed by atoms with E-state index in [1.165, 1.54) is 25.6 Å². The second-order valence-electron chi connectivity index (χ2n) is 5.23. The average molecular weight is 367 g/mol. The molecule has 1 N–H and O–H groups in total. The maximum atomic E-state index is 11.8. The Labute approximate surface area is 155 Å². The molecule has 0 saturated heterocycles. The lowest BCUT2D eigenvalue weighted by Crippen LogP contribution is -2.05. The van der Waals surface area contributed by atoms with Crippen LogP contribution in [0.15, 0.2) is 59.0 Å². The zero-order valence-electron chi connectivity index (χ0n) is 14.3. The molecule has 0 bridgehead atoms. The van der Waals surface area contributed by atoms with Gasteiger partial charge in [-0.25, -0.2) is 9.78 Å². The van der Waals surface area contributed by atoms with E-state index in [0.29, 0.717) is 16.4 Å². The summed E-state index contributed by atoms with van der Waals surface area (Å²) in [5, 5.41) is 6.83. The summed E-state index contributed by atoms with van der Waals surface area (Å²) in [5.41, 5.74) is 5.93. The zero-order valence-corrected chi connectivity index (χ0v) is 15.1. The predicted octanol–water partition coefficient (Wildman–Crippen LogP) is 4.05. The van der Waals surface area contributed by atoms with Crippen molar-refractivity contribution < 1.29 is 14.3 Å². The number of methoxy groups -OCH3 is 2. The number of aromatic nitrogens is 1. The molecule has 0 saturated carbocycles. The third-order valence-corrected chi connectivity index (χ3v) is 4.32. The van der Waals surface area contributed by atoms with Crippen LogP contribution in [0.25, 0.3) is 11.3 Å². The van der Waals surface area contributed by atoms with Crippen molar-refractivity contribution in [3.05, 3.63) is 65.0 Å². The van der Waals surface area contributed by atoms with Gasteiger partial charge in [-0.05, 0) is 23.8 Å². The number of thiazole rings is 1. The number of hydrogen-bond donors (Lipinski definition) is 1. The molecule has 1 aromatic heterocycles. The summed E-state index contributed by atoms with van der Waals surface area (Å²) in [7, 11) is 2.83. The number of hydrazone groups is 1. The van der Waals surface area contributed by atoms with Crippen LogP contribution in [0.4, 0.5) is 5.13 Å². The van der Waals surface area contributed by atoms with Crippen molar-refractivity contribution in [2.24, 2.45) is 5.10 Å². The SMILES string of the molecule is COC(=O)c1cc(C=NNc2nc(-c3ccccc3)cs2)ccc1OC. The van der Waals surface area contributed by atoms with Crippen molar-refractivity contribution in [1.29, 1.82) is 0 Å². The number of carbonyl (C=O) groups excluding carboxylic acids is 1. The van der Waals surface area contributed by atoms with Crippen molar-refractivity contribution in [1.82, 2.24) is 4.98 Å². The molecule has 132 valence electrons. The third-order valence-electron chi connectivity index (χ3n) is 3.58. The van der Waals surface area contributed by atoms with E-state index < -0.39 is 5.97 Å². The van der Waals surface area contributed by atoms with Crippen molar-refractivity contribution >= 4 is 28.7 Å². The Hall–Kier alpha value is -3.19. The van der Waals surface area contributed by atoms with Crippen LogP contribution in [-0.2, 0) is 4.74 Å². The number of nitrogens with zero attached hydrogens (tertiary/aromatic N) is 2. The van der Waals surface area contributed by atoms with Gasteiger partial charge in [0.1, 0.15) is 11.3 Å². The molecule has 0 atom stereocenters. The molecule has 3 rings (SSSR count). The number of nitrogens with one attached hydrogen (secondary N) is 1. The average Bonchev–Trinajstić information content (AvgIpc) is 3.17. The minimum Gasteiger partial charge on any atom is -0.496 e. The fraction of sp³-hybridized carbons (Fsp3) is 0.105. The molecule has 3 aromatic rings.